The third-order valence-corrected chi connectivity index (χ3v) is 8.70. The summed E-state index contributed by atoms with van der Waals surface area (Å²) in [5.74, 6) is -0.603. The van der Waals surface area contributed by atoms with Gasteiger partial charge in [0.25, 0.3) is 0 Å². The zero-order valence-corrected chi connectivity index (χ0v) is 29.6. The van der Waals surface area contributed by atoms with Gasteiger partial charge in [0.1, 0.15) is 5.75 Å². The molecule has 54 heavy (non-hydrogen) atoms. The molecule has 0 unspecified atom stereocenters. The van der Waals surface area contributed by atoms with Crippen LogP contribution in [0.5, 0.6) is 5.75 Å². The van der Waals surface area contributed by atoms with Crippen LogP contribution < -0.4 is 15.4 Å². The predicted molar refractivity (Wildman–Crippen MR) is 204 cm³/mol. The molecule has 0 saturated heterocycles. The third-order valence-electron chi connectivity index (χ3n) is 8.70. The normalized spacial score (nSPS) is 11.2. The molecule has 6 aromatic rings. The summed E-state index contributed by atoms with van der Waals surface area (Å²) in [6, 6.07) is 30.7. The number of nitrogens with one attached hydrogen (secondary N) is 2. The van der Waals surface area contributed by atoms with Crippen LogP contribution >= 0.6 is 0 Å². The van der Waals surface area contributed by atoms with E-state index in [9.17, 15) is 22.8 Å². The van der Waals surface area contributed by atoms with Crippen molar-refractivity contribution >= 4 is 23.2 Å². The molecule has 0 saturated carbocycles. The molecule has 0 aliphatic heterocycles. The first kappa shape index (κ1) is 37.4. The lowest BCUT2D eigenvalue weighted by molar-refractivity contribution is -0.274. The van der Waals surface area contributed by atoms with Gasteiger partial charge in [0, 0.05) is 47.6 Å². The van der Waals surface area contributed by atoms with Gasteiger partial charge in [0.15, 0.2) is 0 Å². The van der Waals surface area contributed by atoms with Crippen LogP contribution in [0.15, 0.2) is 128 Å². The summed E-state index contributed by atoms with van der Waals surface area (Å²) < 4.78 is 44.4. The number of aromatic nitrogens is 3. The van der Waals surface area contributed by atoms with Crippen molar-refractivity contribution in [3.8, 4) is 39.3 Å². The molecule has 0 fully saturated rings. The van der Waals surface area contributed by atoms with Gasteiger partial charge >= 0.3 is 6.36 Å². The van der Waals surface area contributed by atoms with Crippen LogP contribution in [0, 0.1) is 6.92 Å². The number of benzene rings is 3. The lowest BCUT2D eigenvalue weighted by Gasteiger charge is -2.15. The number of alkyl halides is 3. The number of ether oxygens (including phenoxy) is 1. The first-order chi connectivity index (χ1) is 26.1. The summed E-state index contributed by atoms with van der Waals surface area (Å²) in [5.41, 5.74) is 8.18. The number of pyridine rings is 3. The highest BCUT2D eigenvalue weighted by Crippen LogP contribution is 2.37. The number of hydrogen-bond acceptors (Lipinski definition) is 6. The van der Waals surface area contributed by atoms with Gasteiger partial charge in [-0.15, -0.1) is 13.2 Å². The van der Waals surface area contributed by atoms with Gasteiger partial charge in [0.2, 0.25) is 11.8 Å². The van der Waals surface area contributed by atoms with Gasteiger partial charge in [-0.1, -0.05) is 54.6 Å². The minimum absolute atomic E-state index is 0.125. The molecule has 0 radical (unpaired) electrons. The van der Waals surface area contributed by atoms with Crippen LogP contribution in [-0.2, 0) is 22.4 Å². The number of anilines is 2. The Hall–Kier alpha value is -6.36. The van der Waals surface area contributed by atoms with Gasteiger partial charge in [-0.05, 0) is 103 Å². The van der Waals surface area contributed by atoms with Crippen LogP contribution in [-0.4, -0.2) is 33.1 Å². The highest BCUT2D eigenvalue weighted by atomic mass is 19.4. The Morgan fingerprint density at radius 3 is 1.81 bits per heavy atom. The fraction of sp³-hybridized carbons (Fsp3) is 0.186. The van der Waals surface area contributed by atoms with Gasteiger partial charge < -0.3 is 15.4 Å². The molecule has 0 atom stereocenters. The smallest absolute Gasteiger partial charge is 0.405 e. The van der Waals surface area contributed by atoms with E-state index in [-0.39, 0.29) is 23.1 Å². The van der Waals surface area contributed by atoms with Crippen LogP contribution in [0.2, 0.25) is 0 Å². The molecule has 3 heterocycles. The summed E-state index contributed by atoms with van der Waals surface area (Å²) in [7, 11) is 0. The van der Waals surface area contributed by atoms with Crippen molar-refractivity contribution in [2.24, 2.45) is 0 Å². The second kappa shape index (κ2) is 17.4. The number of carbonyl (C=O) groups is 2. The van der Waals surface area contributed by atoms with Crippen LogP contribution in [0.1, 0.15) is 42.5 Å². The zero-order chi connectivity index (χ0) is 37.9. The molecule has 274 valence electrons. The van der Waals surface area contributed by atoms with Crippen molar-refractivity contribution in [3.63, 3.8) is 0 Å². The topological polar surface area (TPSA) is 106 Å². The molecule has 2 N–H and O–H groups in total. The molecule has 3 aromatic carbocycles. The van der Waals surface area contributed by atoms with E-state index >= 15 is 0 Å². The summed E-state index contributed by atoms with van der Waals surface area (Å²) in [4.78, 5) is 37.8. The van der Waals surface area contributed by atoms with E-state index in [4.69, 9.17) is 0 Å². The van der Waals surface area contributed by atoms with Crippen molar-refractivity contribution in [1.29, 1.82) is 0 Å². The zero-order valence-electron chi connectivity index (χ0n) is 29.6. The van der Waals surface area contributed by atoms with E-state index in [0.29, 0.717) is 60.3 Å². The average Bonchev–Trinajstić information content (AvgIpc) is 3.16. The second-order valence-electron chi connectivity index (χ2n) is 12.8. The average molecular weight is 730 g/mol. The highest BCUT2D eigenvalue weighted by Gasteiger charge is 2.32. The van der Waals surface area contributed by atoms with Crippen molar-refractivity contribution < 1.29 is 27.5 Å². The molecule has 0 bridgehead atoms. The van der Waals surface area contributed by atoms with Gasteiger partial charge in [-0.2, -0.15) is 0 Å². The van der Waals surface area contributed by atoms with E-state index in [0.717, 1.165) is 34.4 Å². The molecule has 8 nitrogen and oxygen atoms in total. The molecule has 0 spiro atoms. The first-order valence-electron chi connectivity index (χ1n) is 17.6. The van der Waals surface area contributed by atoms with Crippen LogP contribution in [0.3, 0.4) is 0 Å². The molecule has 2 amide bonds. The van der Waals surface area contributed by atoms with E-state index in [1.54, 1.807) is 54.9 Å². The van der Waals surface area contributed by atoms with Gasteiger partial charge in [0.05, 0.1) is 29.5 Å². The fourth-order valence-electron chi connectivity index (χ4n) is 5.91. The number of nitrogens with zero attached hydrogens (tertiary/aromatic N) is 3. The summed E-state index contributed by atoms with van der Waals surface area (Å²) in [6.45, 7) is 1.95. The molecule has 0 aliphatic carbocycles. The molecular formula is C43H38F3N5O3. The van der Waals surface area contributed by atoms with Crippen LogP contribution in [0.4, 0.5) is 24.5 Å². The summed E-state index contributed by atoms with van der Waals surface area (Å²) >= 11 is 0. The third kappa shape index (κ3) is 10.8. The number of hydrogen-bond donors (Lipinski definition) is 2. The van der Waals surface area contributed by atoms with Gasteiger partial charge in [-0.25, -0.2) is 0 Å². The van der Waals surface area contributed by atoms with Crippen molar-refractivity contribution in [3.05, 3.63) is 145 Å². The Kier molecular flexibility index (Phi) is 12.1. The SMILES string of the molecule is Cc1ccc(-c2ccc(CCCC(=O)Nc3ccc(-c4ccc(OC(F)(F)F)c(-c5ccc(CCCC(=O)Nc6cccnc6)cc5)c4)nc3)cc2)cn1. The number of halogens is 3. The maximum Gasteiger partial charge on any atom is 0.573 e. The highest BCUT2D eigenvalue weighted by molar-refractivity contribution is 5.91. The lowest BCUT2D eigenvalue weighted by atomic mass is 9.98. The first-order valence-corrected chi connectivity index (χ1v) is 17.6. The predicted octanol–water partition coefficient (Wildman–Crippen LogP) is 10.0. The fourth-order valence-corrected chi connectivity index (χ4v) is 5.91. The number of carbonyl (C=O) groups excluding carboxylic acids is 2. The van der Waals surface area contributed by atoms with E-state index in [1.165, 1.54) is 18.3 Å². The maximum atomic E-state index is 13.4. The van der Waals surface area contributed by atoms with Crippen LogP contribution in [0.25, 0.3) is 33.5 Å². The molecule has 6 rings (SSSR count). The number of aryl methyl sites for hydroxylation is 3. The summed E-state index contributed by atoms with van der Waals surface area (Å²) in [5, 5.41) is 5.67. The molecular weight excluding hydrogens is 691 g/mol. The largest absolute Gasteiger partial charge is 0.573 e. The van der Waals surface area contributed by atoms with Crippen molar-refractivity contribution in [2.45, 2.75) is 51.8 Å². The Balaban J connectivity index is 1.04. The molecule has 3 aromatic heterocycles. The van der Waals surface area contributed by atoms with Gasteiger partial charge in [-0.3, -0.25) is 24.5 Å². The monoisotopic (exact) mass is 729 g/mol. The Bertz CT molecular complexity index is 2160. The second-order valence-corrected chi connectivity index (χ2v) is 12.8. The molecule has 0 aliphatic rings. The van der Waals surface area contributed by atoms with Crippen molar-refractivity contribution in [1.82, 2.24) is 15.0 Å². The Morgan fingerprint density at radius 2 is 1.26 bits per heavy atom. The summed E-state index contributed by atoms with van der Waals surface area (Å²) in [6.07, 6.45) is 4.96. The number of rotatable bonds is 14. The minimum Gasteiger partial charge on any atom is -0.405 e. The standard InChI is InChI=1S/C43H38F3N5O3/c1-29-10-15-35(26-48-29)32-16-11-30(12-17-32)5-2-9-42(53)51-37-21-22-39(49-28-37)34-20-23-40(54-43(44,45)46)38(25-34)33-18-13-31(14-19-33)6-3-8-41(52)50-36-7-4-24-47-27-36/h4,7,10-28H,2-3,5-6,8-9H2,1H3,(H,50,52)(H,51,53). The van der Waals surface area contributed by atoms with E-state index < -0.39 is 6.36 Å². The lowest BCUT2D eigenvalue weighted by Crippen LogP contribution is -2.17. The molecule has 11 heteroatoms. The minimum atomic E-state index is -4.88. The Morgan fingerprint density at radius 1 is 0.648 bits per heavy atom. The Labute approximate surface area is 311 Å². The van der Waals surface area contributed by atoms with E-state index in [1.807, 2.05) is 37.4 Å². The van der Waals surface area contributed by atoms with Crippen molar-refractivity contribution in [2.75, 3.05) is 10.6 Å². The number of amides is 2. The van der Waals surface area contributed by atoms with E-state index in [2.05, 4.69) is 54.6 Å². The quantitative estimate of drug-likeness (QED) is 0.116. The maximum absolute atomic E-state index is 13.4.